The number of dihydropyridines is 1. The molecule has 2 atom stereocenters. The fourth-order valence-corrected chi connectivity index (χ4v) is 2.87. The summed E-state index contributed by atoms with van der Waals surface area (Å²) in [5.74, 6) is -1.06. The summed E-state index contributed by atoms with van der Waals surface area (Å²) in [6.07, 6.45) is 5.26. The molecule has 2 heterocycles. The van der Waals surface area contributed by atoms with E-state index in [1.807, 2.05) is 0 Å². The molecule has 2 unspecified atom stereocenters. The third-order valence-corrected chi connectivity index (χ3v) is 4.04. The molecule has 0 fully saturated rings. The van der Waals surface area contributed by atoms with Gasteiger partial charge < -0.3 is 14.4 Å². The van der Waals surface area contributed by atoms with Gasteiger partial charge in [0.15, 0.2) is 11.6 Å². The van der Waals surface area contributed by atoms with Gasteiger partial charge in [-0.3, -0.25) is 9.79 Å². The van der Waals surface area contributed by atoms with Crippen LogP contribution < -0.4 is 0 Å². The van der Waals surface area contributed by atoms with Crippen LogP contribution in [-0.2, 0) is 21.6 Å². The normalized spacial score (nSPS) is 23.1. The second-order valence-electron chi connectivity index (χ2n) is 5.55. The Kier molecular flexibility index (Phi) is 4.51. The molecule has 0 amide bonds. The van der Waals surface area contributed by atoms with Crippen LogP contribution in [0.4, 0.5) is 0 Å². The zero-order valence-electron chi connectivity index (χ0n) is 12.8. The maximum Gasteiger partial charge on any atom is 0.322 e. The highest BCUT2D eigenvalue weighted by Crippen LogP contribution is 2.37. The summed E-state index contributed by atoms with van der Waals surface area (Å²) in [4.78, 5) is 16.5. The van der Waals surface area contributed by atoms with Gasteiger partial charge >= 0.3 is 5.97 Å². The van der Waals surface area contributed by atoms with Crippen LogP contribution in [0.2, 0.25) is 5.02 Å². The monoisotopic (exact) mass is 346 g/mol. The predicted molar refractivity (Wildman–Crippen MR) is 88.1 cm³/mol. The van der Waals surface area contributed by atoms with Crippen molar-refractivity contribution in [2.24, 2.45) is 4.99 Å². The number of benzene rings is 1. The van der Waals surface area contributed by atoms with Crippen molar-refractivity contribution < 1.29 is 19.2 Å². The Morgan fingerprint density at radius 3 is 3.00 bits per heavy atom. The highest BCUT2D eigenvalue weighted by molar-refractivity contribution is 6.30. The van der Waals surface area contributed by atoms with Gasteiger partial charge in [-0.15, -0.1) is 0 Å². The number of allylic oxidation sites excluding steroid dienone is 1. The number of rotatable bonds is 5. The van der Waals surface area contributed by atoms with E-state index in [-0.39, 0.29) is 6.61 Å². The molecule has 124 valence electrons. The van der Waals surface area contributed by atoms with Crippen molar-refractivity contribution in [3.8, 4) is 0 Å². The van der Waals surface area contributed by atoms with Crippen molar-refractivity contribution in [1.29, 1.82) is 0 Å². The van der Waals surface area contributed by atoms with Crippen LogP contribution in [0, 0.1) is 0 Å². The van der Waals surface area contributed by atoms with Crippen LogP contribution in [0.3, 0.4) is 0 Å². The van der Waals surface area contributed by atoms with Crippen molar-refractivity contribution in [1.82, 2.24) is 5.16 Å². The van der Waals surface area contributed by atoms with E-state index in [1.54, 1.807) is 43.5 Å². The minimum atomic E-state index is -1.46. The first-order valence-corrected chi connectivity index (χ1v) is 7.62. The Morgan fingerprint density at radius 1 is 1.50 bits per heavy atom. The lowest BCUT2D eigenvalue weighted by atomic mass is 9.76. The Labute approximate surface area is 143 Å². The lowest BCUT2D eigenvalue weighted by Crippen LogP contribution is -2.47. The molecule has 24 heavy (non-hydrogen) atoms. The lowest BCUT2D eigenvalue weighted by molar-refractivity contribution is -0.148. The first-order valence-electron chi connectivity index (χ1n) is 7.24. The number of nitrogens with zero attached hydrogens (tertiary/aromatic N) is 2. The maximum atomic E-state index is 12.2. The van der Waals surface area contributed by atoms with E-state index < -0.39 is 17.6 Å². The largest absolute Gasteiger partial charge is 0.480 e. The van der Waals surface area contributed by atoms with Crippen molar-refractivity contribution in [3.05, 3.63) is 64.5 Å². The molecule has 1 aromatic carbocycles. The number of hydrogen-bond acceptors (Lipinski definition) is 5. The van der Waals surface area contributed by atoms with Crippen LogP contribution in [0.15, 0.2) is 57.9 Å². The van der Waals surface area contributed by atoms with Gasteiger partial charge in [-0.05, 0) is 30.2 Å². The Bertz CT molecular complexity index is 801. The number of aliphatic imine (C=N–C) groups is 1. The van der Waals surface area contributed by atoms with E-state index in [4.69, 9.17) is 20.9 Å². The highest BCUT2D eigenvalue weighted by atomic mass is 35.5. The summed E-state index contributed by atoms with van der Waals surface area (Å²) in [5, 5.41) is 14.1. The summed E-state index contributed by atoms with van der Waals surface area (Å²) >= 11 is 6.06. The quantitative estimate of drug-likeness (QED) is 0.898. The number of aromatic nitrogens is 1. The van der Waals surface area contributed by atoms with Crippen LogP contribution in [0.1, 0.15) is 18.1 Å². The van der Waals surface area contributed by atoms with Crippen molar-refractivity contribution in [2.75, 3.05) is 0 Å². The van der Waals surface area contributed by atoms with E-state index in [0.717, 1.165) is 5.57 Å². The SMILES string of the molecule is CC1=CC(C(=O)O)(c2cccc(Cl)c2)C(OCc2cnoc2)N=C1. The molecule has 1 aromatic heterocycles. The topological polar surface area (TPSA) is 84.9 Å². The Balaban J connectivity index is 2.01. The summed E-state index contributed by atoms with van der Waals surface area (Å²) in [7, 11) is 0. The zero-order chi connectivity index (χ0) is 17.2. The van der Waals surface area contributed by atoms with Crippen molar-refractivity contribution >= 4 is 23.8 Å². The molecule has 6 nitrogen and oxygen atoms in total. The Hall–Kier alpha value is -2.44. The minimum absolute atomic E-state index is 0.133. The number of aliphatic carboxylic acids is 1. The molecule has 3 rings (SSSR count). The number of ether oxygens (including phenoxy) is 1. The molecule has 1 aliphatic rings. The van der Waals surface area contributed by atoms with Crippen LogP contribution in [0.25, 0.3) is 0 Å². The second-order valence-corrected chi connectivity index (χ2v) is 5.98. The number of carboxylic acids is 1. The molecule has 0 saturated carbocycles. The predicted octanol–water partition coefficient (Wildman–Crippen LogP) is 3.22. The van der Waals surface area contributed by atoms with Crippen LogP contribution in [-0.4, -0.2) is 28.7 Å². The summed E-state index contributed by atoms with van der Waals surface area (Å²) in [6, 6.07) is 6.73. The third kappa shape index (κ3) is 2.98. The summed E-state index contributed by atoms with van der Waals surface area (Å²) in [6.45, 7) is 1.93. The molecule has 0 spiro atoms. The molecule has 2 aromatic rings. The number of carboxylic acid groups (broad SMARTS) is 1. The first kappa shape index (κ1) is 16.4. The van der Waals surface area contributed by atoms with Gasteiger partial charge in [-0.1, -0.05) is 35.0 Å². The van der Waals surface area contributed by atoms with Crippen LogP contribution >= 0.6 is 11.6 Å². The van der Waals surface area contributed by atoms with Crippen molar-refractivity contribution in [2.45, 2.75) is 25.2 Å². The average molecular weight is 347 g/mol. The van der Waals surface area contributed by atoms with Gasteiger partial charge in [-0.2, -0.15) is 0 Å². The van der Waals surface area contributed by atoms with Gasteiger partial charge in [0.25, 0.3) is 0 Å². The molecule has 7 heteroatoms. The highest BCUT2D eigenvalue weighted by Gasteiger charge is 2.48. The molecule has 0 aliphatic carbocycles. The van der Waals surface area contributed by atoms with Gasteiger partial charge in [0, 0.05) is 16.8 Å². The lowest BCUT2D eigenvalue weighted by Gasteiger charge is -2.35. The smallest absolute Gasteiger partial charge is 0.322 e. The van der Waals surface area contributed by atoms with E-state index in [2.05, 4.69) is 10.1 Å². The van der Waals surface area contributed by atoms with Gasteiger partial charge in [0.1, 0.15) is 6.26 Å². The van der Waals surface area contributed by atoms with E-state index in [1.165, 1.54) is 12.5 Å². The molecule has 1 aliphatic heterocycles. The van der Waals surface area contributed by atoms with E-state index in [9.17, 15) is 9.90 Å². The van der Waals surface area contributed by atoms with E-state index in [0.29, 0.717) is 16.1 Å². The summed E-state index contributed by atoms with van der Waals surface area (Å²) < 4.78 is 10.5. The zero-order valence-corrected chi connectivity index (χ0v) is 13.6. The van der Waals surface area contributed by atoms with Gasteiger partial charge in [-0.25, -0.2) is 0 Å². The van der Waals surface area contributed by atoms with Crippen molar-refractivity contribution in [3.63, 3.8) is 0 Å². The van der Waals surface area contributed by atoms with Gasteiger partial charge in [0.05, 0.1) is 12.8 Å². The standard InChI is InChI=1S/C17H15ClN2O4/c1-11-6-17(16(21)22,13-3-2-4-14(18)5-13)15(19-7-11)23-9-12-8-20-24-10-12/h2-8,10,15H,9H2,1H3,(H,21,22). The molecule has 1 N–H and O–H groups in total. The molecule has 0 radical (unpaired) electrons. The molecular weight excluding hydrogens is 332 g/mol. The third-order valence-electron chi connectivity index (χ3n) is 3.81. The Morgan fingerprint density at radius 2 is 2.33 bits per heavy atom. The second kappa shape index (κ2) is 6.59. The van der Waals surface area contributed by atoms with E-state index >= 15 is 0 Å². The fourth-order valence-electron chi connectivity index (χ4n) is 2.68. The minimum Gasteiger partial charge on any atom is -0.480 e. The van der Waals surface area contributed by atoms with Gasteiger partial charge in [0.2, 0.25) is 0 Å². The summed E-state index contributed by atoms with van der Waals surface area (Å²) in [5.41, 5.74) is 0.485. The maximum absolute atomic E-state index is 12.2. The molecule has 0 bridgehead atoms. The first-order chi connectivity index (χ1) is 11.5. The van der Waals surface area contributed by atoms with Crippen LogP contribution in [0.5, 0.6) is 0 Å². The average Bonchev–Trinajstić information content (AvgIpc) is 3.06. The fraction of sp³-hybridized carbons (Fsp3) is 0.235. The number of hydrogen-bond donors (Lipinski definition) is 1. The number of carbonyl (C=O) groups is 1. The molecular formula is C17H15ClN2O4. The molecule has 0 saturated heterocycles. The number of halogens is 1.